The van der Waals surface area contributed by atoms with Gasteiger partial charge in [0.05, 0.1) is 18.3 Å². The predicted octanol–water partition coefficient (Wildman–Crippen LogP) is 9.40. The molecule has 4 aromatic rings. The number of hydrogen-bond acceptors (Lipinski definition) is 5. The number of ether oxygens (including phenoxy) is 1. The number of aromatic nitrogens is 1. The van der Waals surface area contributed by atoms with Crippen molar-refractivity contribution in [3.63, 3.8) is 0 Å². The molecular weight excluding hydrogens is 562 g/mol. The van der Waals surface area contributed by atoms with Crippen LogP contribution in [-0.2, 0) is 16.0 Å². The predicted molar refractivity (Wildman–Crippen MR) is 175 cm³/mol. The zero-order valence-electron chi connectivity index (χ0n) is 24.1. The van der Waals surface area contributed by atoms with E-state index in [-0.39, 0.29) is 22.4 Å². The smallest absolute Gasteiger partial charge is 0.305 e. The summed E-state index contributed by atoms with van der Waals surface area (Å²) in [6.07, 6.45) is 9.55. The number of hydrogen-bond donors (Lipinski definition) is 0. The van der Waals surface area contributed by atoms with E-state index in [0.717, 1.165) is 71.1 Å². The molecule has 6 heteroatoms. The third kappa shape index (κ3) is 7.90. The fourth-order valence-electron chi connectivity index (χ4n) is 5.35. The molecule has 4 nitrogen and oxygen atoms in total. The second kappa shape index (κ2) is 13.7. The Morgan fingerprint density at radius 2 is 1.83 bits per heavy atom. The maximum Gasteiger partial charge on any atom is 0.305 e. The molecule has 1 saturated carbocycles. The van der Waals surface area contributed by atoms with Gasteiger partial charge < -0.3 is 4.74 Å². The maximum absolute atomic E-state index is 12.3. The van der Waals surface area contributed by atoms with Gasteiger partial charge in [0.2, 0.25) is 0 Å². The zero-order chi connectivity index (χ0) is 29.5. The maximum atomic E-state index is 12.3. The SMILES string of the molecule is COC(=O)CCC1(CS[C@H](CCc2ccccc2C(C)=O)c2cccc(/C=C/c3ccc4ccc(Cl)cc4n3)c2)CC1. The molecule has 0 radical (unpaired) electrons. The van der Waals surface area contributed by atoms with Crippen LogP contribution >= 0.6 is 23.4 Å². The zero-order valence-corrected chi connectivity index (χ0v) is 25.7. The van der Waals surface area contributed by atoms with E-state index in [4.69, 9.17) is 21.3 Å². The average Bonchev–Trinajstić information content (AvgIpc) is 3.78. The first kappa shape index (κ1) is 30.1. The number of nitrogens with zero attached hydrogens (tertiary/aromatic N) is 1. The molecule has 3 aromatic carbocycles. The molecule has 0 bridgehead atoms. The molecule has 42 heavy (non-hydrogen) atoms. The molecule has 5 rings (SSSR count). The summed E-state index contributed by atoms with van der Waals surface area (Å²) in [5, 5.41) is 2.00. The number of pyridine rings is 1. The second-order valence-corrected chi connectivity index (χ2v) is 12.8. The first-order chi connectivity index (χ1) is 20.3. The molecule has 0 amide bonds. The van der Waals surface area contributed by atoms with Crippen molar-refractivity contribution in [2.75, 3.05) is 12.9 Å². The van der Waals surface area contributed by atoms with Crippen LogP contribution in [0, 0.1) is 5.41 Å². The largest absolute Gasteiger partial charge is 0.469 e. The minimum atomic E-state index is -0.132. The quantitative estimate of drug-likeness (QED) is 0.113. The average molecular weight is 598 g/mol. The van der Waals surface area contributed by atoms with Gasteiger partial charge >= 0.3 is 5.97 Å². The first-order valence-electron chi connectivity index (χ1n) is 14.5. The number of esters is 1. The summed E-state index contributed by atoms with van der Waals surface area (Å²) in [7, 11) is 1.46. The monoisotopic (exact) mass is 597 g/mol. The Labute approximate surface area is 257 Å². The van der Waals surface area contributed by atoms with Gasteiger partial charge in [-0.2, -0.15) is 11.8 Å². The standard InChI is InChI=1S/C36H36ClNO3S/c1-25(39)32-9-4-3-7-27(32)13-17-34(42-24-36(20-21-36)19-18-35(40)41-2)29-8-5-6-26(22-29)10-15-31-16-12-28-11-14-30(37)23-33(28)38-31/h3-12,14-16,22-23,34H,13,17-21,24H2,1-2H3/b15-10+/t34-/m1/s1. The number of ketones is 1. The summed E-state index contributed by atoms with van der Waals surface area (Å²) in [5.41, 5.74) is 6.26. The molecule has 216 valence electrons. The van der Waals surface area contributed by atoms with Crippen LogP contribution in [0.2, 0.25) is 5.02 Å². The Bertz CT molecular complexity index is 1610. The number of halogens is 1. The van der Waals surface area contributed by atoms with Crippen LogP contribution in [0.1, 0.15) is 77.0 Å². The van der Waals surface area contributed by atoms with E-state index in [1.807, 2.05) is 60.3 Å². The molecule has 0 unspecified atom stereocenters. The number of thioether (sulfide) groups is 1. The number of Topliss-reactive ketones (excluding diaryl/α,β-unsaturated/α-hetero) is 1. The number of benzene rings is 3. The molecule has 1 atom stereocenters. The van der Waals surface area contributed by atoms with Crippen LogP contribution < -0.4 is 0 Å². The highest BCUT2D eigenvalue weighted by atomic mass is 35.5. The van der Waals surface area contributed by atoms with E-state index in [9.17, 15) is 9.59 Å². The molecule has 1 fully saturated rings. The van der Waals surface area contributed by atoms with E-state index in [1.165, 1.54) is 12.7 Å². The van der Waals surface area contributed by atoms with E-state index in [2.05, 4.69) is 42.5 Å². The van der Waals surface area contributed by atoms with Crippen molar-refractivity contribution in [1.82, 2.24) is 4.98 Å². The van der Waals surface area contributed by atoms with E-state index < -0.39 is 0 Å². The summed E-state index contributed by atoms with van der Waals surface area (Å²) in [5.74, 6) is 0.977. The lowest BCUT2D eigenvalue weighted by atomic mass is 9.97. The molecule has 0 saturated heterocycles. The molecule has 1 aromatic heterocycles. The lowest BCUT2D eigenvalue weighted by Gasteiger charge is -2.22. The van der Waals surface area contributed by atoms with Gasteiger partial charge in [0.25, 0.3) is 0 Å². The van der Waals surface area contributed by atoms with Crippen LogP contribution in [0.15, 0.2) is 78.9 Å². The van der Waals surface area contributed by atoms with Gasteiger partial charge in [-0.05, 0) is 91.2 Å². The minimum Gasteiger partial charge on any atom is -0.469 e. The van der Waals surface area contributed by atoms with Gasteiger partial charge in [-0.1, -0.05) is 78.3 Å². The first-order valence-corrected chi connectivity index (χ1v) is 15.9. The van der Waals surface area contributed by atoms with E-state index >= 15 is 0 Å². The lowest BCUT2D eigenvalue weighted by Crippen LogP contribution is -2.11. The fourth-order valence-corrected chi connectivity index (χ4v) is 7.13. The highest BCUT2D eigenvalue weighted by Crippen LogP contribution is 2.54. The Morgan fingerprint density at radius 1 is 1.02 bits per heavy atom. The lowest BCUT2D eigenvalue weighted by molar-refractivity contribution is -0.141. The highest BCUT2D eigenvalue weighted by Gasteiger charge is 2.42. The summed E-state index contributed by atoms with van der Waals surface area (Å²) in [4.78, 5) is 28.8. The Kier molecular flexibility index (Phi) is 9.81. The second-order valence-electron chi connectivity index (χ2n) is 11.2. The summed E-state index contributed by atoms with van der Waals surface area (Å²) in [6.45, 7) is 1.64. The molecule has 0 aliphatic heterocycles. The van der Waals surface area contributed by atoms with Gasteiger partial charge in [0.1, 0.15) is 0 Å². The van der Waals surface area contributed by atoms with Crippen molar-refractivity contribution < 1.29 is 14.3 Å². The molecule has 0 spiro atoms. The highest BCUT2D eigenvalue weighted by molar-refractivity contribution is 7.99. The Balaban J connectivity index is 1.35. The van der Waals surface area contributed by atoms with Crippen LogP contribution in [0.3, 0.4) is 0 Å². The number of carbonyl (C=O) groups is 2. The van der Waals surface area contributed by atoms with Crippen molar-refractivity contribution in [3.05, 3.63) is 112 Å². The van der Waals surface area contributed by atoms with Crippen molar-refractivity contribution >= 4 is 58.2 Å². The molecule has 1 heterocycles. The topological polar surface area (TPSA) is 56.3 Å². The summed E-state index contributed by atoms with van der Waals surface area (Å²) >= 11 is 8.16. The van der Waals surface area contributed by atoms with Crippen LogP contribution in [0.25, 0.3) is 23.1 Å². The van der Waals surface area contributed by atoms with Gasteiger partial charge in [-0.25, -0.2) is 4.98 Å². The van der Waals surface area contributed by atoms with Gasteiger partial charge in [-0.15, -0.1) is 0 Å². The number of carbonyl (C=O) groups excluding carboxylic acids is 2. The third-order valence-electron chi connectivity index (χ3n) is 8.11. The Hall–Kier alpha value is -3.41. The van der Waals surface area contributed by atoms with Crippen molar-refractivity contribution in [1.29, 1.82) is 0 Å². The number of rotatable bonds is 13. The molecular formula is C36H36ClNO3S. The van der Waals surface area contributed by atoms with Crippen LogP contribution in [-0.4, -0.2) is 29.6 Å². The van der Waals surface area contributed by atoms with Crippen LogP contribution in [0.4, 0.5) is 0 Å². The Morgan fingerprint density at radius 3 is 2.62 bits per heavy atom. The van der Waals surface area contributed by atoms with Crippen molar-refractivity contribution in [2.24, 2.45) is 5.41 Å². The minimum absolute atomic E-state index is 0.103. The van der Waals surface area contributed by atoms with Crippen LogP contribution in [0.5, 0.6) is 0 Å². The van der Waals surface area contributed by atoms with E-state index in [0.29, 0.717) is 11.4 Å². The number of methoxy groups -OCH3 is 1. The molecule has 1 aliphatic rings. The molecule has 1 aliphatic carbocycles. The van der Waals surface area contributed by atoms with Gasteiger partial charge in [0, 0.05) is 27.6 Å². The van der Waals surface area contributed by atoms with Crippen molar-refractivity contribution in [3.8, 4) is 0 Å². The van der Waals surface area contributed by atoms with Crippen molar-refractivity contribution in [2.45, 2.75) is 50.7 Å². The third-order valence-corrected chi connectivity index (χ3v) is 10.0. The number of fused-ring (bicyclic) bond motifs is 1. The van der Waals surface area contributed by atoms with E-state index in [1.54, 1.807) is 6.92 Å². The van der Waals surface area contributed by atoms with Gasteiger partial charge in [0.15, 0.2) is 5.78 Å². The summed E-state index contributed by atoms with van der Waals surface area (Å²) < 4.78 is 4.89. The summed E-state index contributed by atoms with van der Waals surface area (Å²) in [6, 6.07) is 26.5. The number of aryl methyl sites for hydroxylation is 1. The molecule has 0 N–H and O–H groups in total. The fraction of sp³-hybridized carbons (Fsp3) is 0.306. The van der Waals surface area contributed by atoms with Gasteiger partial charge in [-0.3, -0.25) is 9.59 Å². The normalized spacial score (nSPS) is 14.6.